The minimum atomic E-state index is -0.443. The van der Waals surface area contributed by atoms with Crippen molar-refractivity contribution in [2.24, 2.45) is 13.0 Å². The highest BCUT2D eigenvalue weighted by atomic mass is 79.9. The number of carbonyl (C=O) groups is 1. The maximum atomic E-state index is 14.6. The van der Waals surface area contributed by atoms with Gasteiger partial charge in [-0.15, -0.1) is 0 Å². The van der Waals surface area contributed by atoms with Gasteiger partial charge in [0.15, 0.2) is 0 Å². The van der Waals surface area contributed by atoms with Crippen molar-refractivity contribution >= 4 is 32.7 Å². The van der Waals surface area contributed by atoms with E-state index in [2.05, 4.69) is 21.0 Å². The molecule has 8 heteroatoms. The molecule has 1 aromatic heterocycles. The molecule has 0 radical (unpaired) electrons. The molecule has 0 unspecified atom stereocenters. The molecule has 0 saturated carbocycles. The van der Waals surface area contributed by atoms with Gasteiger partial charge in [-0.25, -0.2) is 4.68 Å². The number of carbonyl (C=O) groups excluding carboxylic acids is 1. The fourth-order valence-corrected chi connectivity index (χ4v) is 4.55. The van der Waals surface area contributed by atoms with Crippen molar-refractivity contribution in [2.45, 2.75) is 32.4 Å². The van der Waals surface area contributed by atoms with Crippen LogP contribution in [-0.2, 0) is 11.8 Å². The van der Waals surface area contributed by atoms with Crippen molar-refractivity contribution < 1.29 is 18.7 Å². The number of halogens is 2. The summed E-state index contributed by atoms with van der Waals surface area (Å²) in [5, 5.41) is 4.54. The zero-order chi connectivity index (χ0) is 22.3. The Labute approximate surface area is 189 Å². The zero-order valence-electron chi connectivity index (χ0n) is 17.9. The van der Waals surface area contributed by atoms with Gasteiger partial charge in [0.2, 0.25) is 11.9 Å². The number of ether oxygens (including phenoxy) is 2. The molecule has 164 valence electrons. The third-order valence-corrected chi connectivity index (χ3v) is 6.48. The van der Waals surface area contributed by atoms with E-state index in [9.17, 15) is 9.18 Å². The molecule has 1 aliphatic rings. The molecule has 2 heterocycles. The Balaban J connectivity index is 1.51. The SMILES string of the molecule is COc1ccc([C@@H](C)N2C[C@H]([C@@H](C)Oc3cc(Br)cc4nn(C)c(F)c34)CC2=O)cc1. The lowest BCUT2D eigenvalue weighted by molar-refractivity contribution is -0.129. The number of methoxy groups -OCH3 is 1. The molecular formula is C23H25BrFN3O3. The Morgan fingerprint density at radius 2 is 1.94 bits per heavy atom. The summed E-state index contributed by atoms with van der Waals surface area (Å²) in [5.74, 6) is 0.864. The predicted octanol–water partition coefficient (Wildman–Crippen LogP) is 4.86. The lowest BCUT2D eigenvalue weighted by Gasteiger charge is -2.27. The van der Waals surface area contributed by atoms with Crippen LogP contribution in [0.2, 0.25) is 0 Å². The summed E-state index contributed by atoms with van der Waals surface area (Å²) in [6.07, 6.45) is 0.128. The highest BCUT2D eigenvalue weighted by Crippen LogP contribution is 2.36. The molecule has 2 aromatic carbocycles. The third-order valence-electron chi connectivity index (χ3n) is 6.03. The van der Waals surface area contributed by atoms with E-state index in [0.29, 0.717) is 29.6 Å². The highest BCUT2D eigenvalue weighted by Gasteiger charge is 2.37. The molecule has 31 heavy (non-hydrogen) atoms. The van der Waals surface area contributed by atoms with Crippen LogP contribution in [0.4, 0.5) is 4.39 Å². The molecule has 0 aliphatic carbocycles. The Hall–Kier alpha value is -2.61. The molecule has 0 spiro atoms. The van der Waals surface area contributed by atoms with Crippen molar-refractivity contribution in [1.29, 1.82) is 0 Å². The Kier molecular flexibility index (Phi) is 5.92. The van der Waals surface area contributed by atoms with Gasteiger partial charge in [0, 0.05) is 30.4 Å². The van der Waals surface area contributed by atoms with Crippen LogP contribution < -0.4 is 9.47 Å². The number of rotatable bonds is 6. The van der Waals surface area contributed by atoms with Crippen molar-refractivity contribution in [1.82, 2.24) is 14.7 Å². The Morgan fingerprint density at radius 3 is 2.61 bits per heavy atom. The van der Waals surface area contributed by atoms with Crippen LogP contribution in [0.5, 0.6) is 11.5 Å². The smallest absolute Gasteiger partial charge is 0.223 e. The maximum Gasteiger partial charge on any atom is 0.223 e. The number of nitrogens with zero attached hydrogens (tertiary/aromatic N) is 3. The van der Waals surface area contributed by atoms with E-state index in [1.54, 1.807) is 26.3 Å². The number of aryl methyl sites for hydroxylation is 1. The number of likely N-dealkylation sites (tertiary alicyclic amines) is 1. The second-order valence-electron chi connectivity index (χ2n) is 7.99. The number of amides is 1. The number of benzene rings is 2. The van der Waals surface area contributed by atoms with E-state index < -0.39 is 5.95 Å². The first-order chi connectivity index (χ1) is 14.8. The summed E-state index contributed by atoms with van der Waals surface area (Å²) in [6, 6.07) is 11.2. The summed E-state index contributed by atoms with van der Waals surface area (Å²) in [5.41, 5.74) is 1.57. The van der Waals surface area contributed by atoms with Crippen LogP contribution >= 0.6 is 15.9 Å². The first-order valence-electron chi connectivity index (χ1n) is 10.2. The standard InChI is InChI=1S/C23H25BrFN3O3/c1-13(15-5-7-18(30-4)8-6-15)28-12-16(9-21(28)29)14(2)31-20-11-17(24)10-19-22(20)23(25)27(3)26-19/h5-8,10-11,13-14,16H,9,12H2,1-4H3/t13-,14-,16-/m1/s1. The van der Waals surface area contributed by atoms with Gasteiger partial charge in [-0.05, 0) is 43.7 Å². The quantitative estimate of drug-likeness (QED) is 0.496. The lowest BCUT2D eigenvalue weighted by atomic mass is 10.0. The number of aromatic nitrogens is 2. The molecule has 3 aromatic rings. The van der Waals surface area contributed by atoms with Gasteiger partial charge in [0.1, 0.15) is 23.1 Å². The molecule has 6 nitrogen and oxygen atoms in total. The van der Waals surface area contributed by atoms with E-state index in [0.717, 1.165) is 15.8 Å². The molecule has 1 aliphatic heterocycles. The monoisotopic (exact) mass is 489 g/mol. The minimum absolute atomic E-state index is 0.00182. The molecule has 1 amide bonds. The van der Waals surface area contributed by atoms with E-state index in [1.165, 1.54) is 4.68 Å². The van der Waals surface area contributed by atoms with Crippen molar-refractivity contribution in [3.63, 3.8) is 0 Å². The second kappa shape index (κ2) is 8.49. The van der Waals surface area contributed by atoms with Crippen LogP contribution in [0.3, 0.4) is 0 Å². The molecular weight excluding hydrogens is 465 g/mol. The van der Waals surface area contributed by atoms with E-state index in [1.807, 2.05) is 43.0 Å². The fraction of sp³-hybridized carbons (Fsp3) is 0.391. The van der Waals surface area contributed by atoms with Gasteiger partial charge in [-0.1, -0.05) is 28.1 Å². The summed E-state index contributed by atoms with van der Waals surface area (Å²) in [6.45, 7) is 4.54. The largest absolute Gasteiger partial charge is 0.497 e. The summed E-state index contributed by atoms with van der Waals surface area (Å²) in [7, 11) is 3.19. The van der Waals surface area contributed by atoms with E-state index in [4.69, 9.17) is 9.47 Å². The highest BCUT2D eigenvalue weighted by molar-refractivity contribution is 9.10. The predicted molar refractivity (Wildman–Crippen MR) is 120 cm³/mol. The molecule has 1 saturated heterocycles. The average molecular weight is 490 g/mol. The lowest BCUT2D eigenvalue weighted by Crippen LogP contribution is -2.31. The fourth-order valence-electron chi connectivity index (χ4n) is 4.12. The summed E-state index contributed by atoms with van der Waals surface area (Å²) < 4.78 is 27.9. The van der Waals surface area contributed by atoms with Crippen molar-refractivity contribution in [2.75, 3.05) is 13.7 Å². The van der Waals surface area contributed by atoms with Crippen LogP contribution in [0.25, 0.3) is 10.9 Å². The van der Waals surface area contributed by atoms with E-state index in [-0.39, 0.29) is 24.0 Å². The molecule has 4 rings (SSSR count). The topological polar surface area (TPSA) is 56.6 Å². The Morgan fingerprint density at radius 1 is 1.23 bits per heavy atom. The molecule has 0 bridgehead atoms. The van der Waals surface area contributed by atoms with Gasteiger partial charge >= 0.3 is 0 Å². The van der Waals surface area contributed by atoms with Gasteiger partial charge in [-0.3, -0.25) is 4.79 Å². The summed E-state index contributed by atoms with van der Waals surface area (Å²) >= 11 is 3.44. The second-order valence-corrected chi connectivity index (χ2v) is 8.91. The van der Waals surface area contributed by atoms with Crippen LogP contribution in [0.1, 0.15) is 31.9 Å². The van der Waals surface area contributed by atoms with Crippen LogP contribution in [0.15, 0.2) is 40.9 Å². The van der Waals surface area contributed by atoms with Crippen molar-refractivity contribution in [3.05, 3.63) is 52.4 Å². The van der Waals surface area contributed by atoms with Gasteiger partial charge in [-0.2, -0.15) is 9.49 Å². The maximum absolute atomic E-state index is 14.6. The third kappa shape index (κ3) is 4.13. The number of hydrogen-bond acceptors (Lipinski definition) is 4. The molecule has 1 fully saturated rings. The molecule has 0 N–H and O–H groups in total. The van der Waals surface area contributed by atoms with Crippen LogP contribution in [-0.4, -0.2) is 40.3 Å². The van der Waals surface area contributed by atoms with Gasteiger partial charge in [0.25, 0.3) is 0 Å². The number of fused-ring (bicyclic) bond motifs is 1. The zero-order valence-corrected chi connectivity index (χ0v) is 19.5. The summed E-state index contributed by atoms with van der Waals surface area (Å²) in [4.78, 5) is 14.7. The van der Waals surface area contributed by atoms with Crippen LogP contribution in [0, 0.1) is 11.9 Å². The van der Waals surface area contributed by atoms with Gasteiger partial charge < -0.3 is 14.4 Å². The normalized spacial score (nSPS) is 18.5. The van der Waals surface area contributed by atoms with Crippen molar-refractivity contribution in [3.8, 4) is 11.5 Å². The Bertz CT molecular complexity index is 1120. The first-order valence-corrected chi connectivity index (χ1v) is 11.0. The molecule has 3 atom stereocenters. The number of hydrogen-bond donors (Lipinski definition) is 0. The average Bonchev–Trinajstić information content (AvgIpc) is 3.27. The first kappa shape index (κ1) is 21.6. The van der Waals surface area contributed by atoms with E-state index >= 15 is 0 Å². The minimum Gasteiger partial charge on any atom is -0.497 e. The van der Waals surface area contributed by atoms with Gasteiger partial charge in [0.05, 0.1) is 18.5 Å².